The Labute approximate surface area is 147 Å². The fourth-order valence-electron chi connectivity index (χ4n) is 2.05. The first-order valence-corrected chi connectivity index (χ1v) is 8.47. The average Bonchev–Trinajstić information content (AvgIpc) is 2.52. The molecule has 24 heavy (non-hydrogen) atoms. The minimum absolute atomic E-state index is 0.0339. The van der Waals surface area contributed by atoms with E-state index >= 15 is 0 Å². The van der Waals surface area contributed by atoms with Crippen LogP contribution in [0.2, 0.25) is 5.02 Å². The Morgan fingerprint density at radius 2 is 1.92 bits per heavy atom. The SMILES string of the molecule is C[C@H](NC(=O)CSc1cccc(C(F)(F)F)c1)c1cccc(Cl)c1. The van der Waals surface area contributed by atoms with E-state index in [1.54, 1.807) is 24.3 Å². The second-order valence-electron chi connectivity index (χ2n) is 5.16. The zero-order valence-corrected chi connectivity index (χ0v) is 14.3. The number of rotatable bonds is 5. The zero-order chi connectivity index (χ0) is 17.7. The van der Waals surface area contributed by atoms with Gasteiger partial charge >= 0.3 is 6.18 Å². The molecular formula is C17H15ClF3NOS. The number of alkyl halides is 3. The summed E-state index contributed by atoms with van der Waals surface area (Å²) in [5, 5.41) is 3.37. The maximum Gasteiger partial charge on any atom is 0.416 e. The van der Waals surface area contributed by atoms with Crippen LogP contribution < -0.4 is 5.32 Å². The molecule has 0 spiro atoms. The predicted octanol–water partition coefficient (Wildman–Crippen LogP) is 5.33. The van der Waals surface area contributed by atoms with Crippen molar-refractivity contribution in [1.29, 1.82) is 0 Å². The molecule has 0 saturated carbocycles. The molecule has 0 aliphatic rings. The van der Waals surface area contributed by atoms with Crippen molar-refractivity contribution in [3.8, 4) is 0 Å². The van der Waals surface area contributed by atoms with Crippen molar-refractivity contribution in [1.82, 2.24) is 5.32 Å². The molecule has 7 heteroatoms. The van der Waals surface area contributed by atoms with Crippen LogP contribution in [0.25, 0.3) is 0 Å². The number of carbonyl (C=O) groups is 1. The average molecular weight is 374 g/mol. The van der Waals surface area contributed by atoms with Crippen LogP contribution in [0, 0.1) is 0 Å². The molecule has 2 nitrogen and oxygen atoms in total. The number of benzene rings is 2. The number of amides is 1. The third-order valence-corrected chi connectivity index (χ3v) is 4.49. The number of hydrogen-bond donors (Lipinski definition) is 1. The Bertz CT molecular complexity index is 721. The van der Waals surface area contributed by atoms with Crippen LogP contribution in [-0.4, -0.2) is 11.7 Å². The van der Waals surface area contributed by atoms with Gasteiger partial charge in [-0.25, -0.2) is 0 Å². The van der Waals surface area contributed by atoms with Crippen molar-refractivity contribution in [2.45, 2.75) is 24.0 Å². The van der Waals surface area contributed by atoms with Crippen molar-refractivity contribution in [2.24, 2.45) is 0 Å². The zero-order valence-electron chi connectivity index (χ0n) is 12.7. The number of carbonyl (C=O) groups excluding carboxylic acids is 1. The monoisotopic (exact) mass is 373 g/mol. The highest BCUT2D eigenvalue weighted by Crippen LogP contribution is 2.31. The standard InChI is InChI=1S/C17H15ClF3NOS/c1-11(12-4-2-6-14(18)8-12)22-16(23)10-24-15-7-3-5-13(9-15)17(19,20)21/h2-9,11H,10H2,1H3,(H,22,23)/t11-/m0/s1. The summed E-state index contributed by atoms with van der Waals surface area (Å²) in [6, 6.07) is 11.8. The highest BCUT2D eigenvalue weighted by atomic mass is 35.5. The molecule has 0 heterocycles. The minimum Gasteiger partial charge on any atom is -0.349 e. The van der Waals surface area contributed by atoms with Crippen LogP contribution in [0.5, 0.6) is 0 Å². The van der Waals surface area contributed by atoms with Gasteiger partial charge in [-0.2, -0.15) is 13.2 Å². The van der Waals surface area contributed by atoms with Crippen LogP contribution in [0.4, 0.5) is 13.2 Å². The number of hydrogen-bond acceptors (Lipinski definition) is 2. The molecule has 128 valence electrons. The molecule has 1 N–H and O–H groups in total. The summed E-state index contributed by atoms with van der Waals surface area (Å²) < 4.78 is 38.0. The van der Waals surface area contributed by atoms with E-state index in [9.17, 15) is 18.0 Å². The van der Waals surface area contributed by atoms with Gasteiger partial charge in [0.2, 0.25) is 5.91 Å². The van der Waals surface area contributed by atoms with Crippen molar-refractivity contribution in [3.63, 3.8) is 0 Å². The van der Waals surface area contributed by atoms with Crippen LogP contribution in [0.1, 0.15) is 24.1 Å². The molecule has 0 saturated heterocycles. The van der Waals surface area contributed by atoms with Gasteiger partial charge in [-0.05, 0) is 42.8 Å². The van der Waals surface area contributed by atoms with E-state index in [-0.39, 0.29) is 17.7 Å². The molecule has 2 aromatic rings. The van der Waals surface area contributed by atoms with Crippen molar-refractivity contribution < 1.29 is 18.0 Å². The number of nitrogens with one attached hydrogen (secondary N) is 1. The molecule has 0 unspecified atom stereocenters. The Kier molecular flexibility index (Phi) is 6.18. The summed E-state index contributed by atoms with van der Waals surface area (Å²) in [6.07, 6.45) is -4.39. The molecule has 0 radical (unpaired) electrons. The van der Waals surface area contributed by atoms with Crippen molar-refractivity contribution in [3.05, 3.63) is 64.7 Å². The topological polar surface area (TPSA) is 29.1 Å². The van der Waals surface area contributed by atoms with Gasteiger partial charge in [0, 0.05) is 9.92 Å². The van der Waals surface area contributed by atoms with Crippen LogP contribution in [-0.2, 0) is 11.0 Å². The first-order valence-electron chi connectivity index (χ1n) is 7.10. The smallest absolute Gasteiger partial charge is 0.349 e. The van der Waals surface area contributed by atoms with Gasteiger partial charge < -0.3 is 5.32 Å². The molecule has 1 amide bonds. The maximum absolute atomic E-state index is 12.7. The predicted molar refractivity (Wildman–Crippen MR) is 90.2 cm³/mol. The van der Waals surface area contributed by atoms with Gasteiger partial charge in [-0.15, -0.1) is 11.8 Å². The van der Waals surface area contributed by atoms with Crippen LogP contribution >= 0.6 is 23.4 Å². The molecule has 0 bridgehead atoms. The Hall–Kier alpha value is -1.66. The third-order valence-electron chi connectivity index (χ3n) is 3.26. The summed E-state index contributed by atoms with van der Waals surface area (Å²) in [6.45, 7) is 1.82. The fourth-order valence-corrected chi connectivity index (χ4v) is 3.02. The lowest BCUT2D eigenvalue weighted by atomic mass is 10.1. The van der Waals surface area contributed by atoms with E-state index in [1.165, 1.54) is 6.07 Å². The lowest BCUT2D eigenvalue weighted by Gasteiger charge is -2.14. The number of halogens is 4. The van der Waals surface area contributed by atoms with Gasteiger partial charge in [0.1, 0.15) is 0 Å². The molecule has 0 aliphatic carbocycles. The lowest BCUT2D eigenvalue weighted by molar-refractivity contribution is -0.137. The summed E-state index contributed by atoms with van der Waals surface area (Å²) in [5.41, 5.74) is 0.139. The van der Waals surface area contributed by atoms with E-state index in [1.807, 2.05) is 13.0 Å². The van der Waals surface area contributed by atoms with Gasteiger partial charge in [-0.1, -0.05) is 29.8 Å². The third kappa shape index (κ3) is 5.46. The lowest BCUT2D eigenvalue weighted by Crippen LogP contribution is -2.28. The fraction of sp³-hybridized carbons (Fsp3) is 0.235. The summed E-state index contributed by atoms with van der Waals surface area (Å²) in [7, 11) is 0. The van der Waals surface area contributed by atoms with Gasteiger partial charge in [0.15, 0.2) is 0 Å². The van der Waals surface area contributed by atoms with E-state index in [4.69, 9.17) is 11.6 Å². The van der Waals surface area contributed by atoms with Crippen molar-refractivity contribution >= 4 is 29.3 Å². The van der Waals surface area contributed by atoms with Gasteiger partial charge in [0.05, 0.1) is 17.4 Å². The first-order chi connectivity index (χ1) is 11.3. The Balaban J connectivity index is 1.91. The molecule has 2 rings (SSSR count). The normalized spacial score (nSPS) is 12.7. The largest absolute Gasteiger partial charge is 0.416 e. The van der Waals surface area contributed by atoms with Crippen LogP contribution in [0.15, 0.2) is 53.4 Å². The Morgan fingerprint density at radius 1 is 1.21 bits per heavy atom. The van der Waals surface area contributed by atoms with Gasteiger partial charge in [-0.3, -0.25) is 4.79 Å². The summed E-state index contributed by atoms with van der Waals surface area (Å²) >= 11 is 6.97. The highest BCUT2D eigenvalue weighted by molar-refractivity contribution is 8.00. The molecule has 0 fully saturated rings. The molecule has 1 atom stereocenters. The summed E-state index contributed by atoms with van der Waals surface area (Å²) in [4.78, 5) is 12.4. The van der Waals surface area contributed by atoms with E-state index in [0.29, 0.717) is 9.92 Å². The second-order valence-corrected chi connectivity index (χ2v) is 6.64. The molecule has 0 aromatic heterocycles. The van der Waals surface area contributed by atoms with Gasteiger partial charge in [0.25, 0.3) is 0 Å². The molecule has 0 aliphatic heterocycles. The van der Waals surface area contributed by atoms with E-state index in [0.717, 1.165) is 29.5 Å². The van der Waals surface area contributed by atoms with Crippen molar-refractivity contribution in [2.75, 3.05) is 5.75 Å². The molecule has 2 aromatic carbocycles. The van der Waals surface area contributed by atoms with Crippen LogP contribution in [0.3, 0.4) is 0 Å². The van der Waals surface area contributed by atoms with E-state index < -0.39 is 11.7 Å². The quantitative estimate of drug-likeness (QED) is 0.718. The highest BCUT2D eigenvalue weighted by Gasteiger charge is 2.30. The minimum atomic E-state index is -4.39. The van der Waals surface area contributed by atoms with E-state index in [2.05, 4.69) is 5.32 Å². The Morgan fingerprint density at radius 3 is 2.58 bits per heavy atom. The maximum atomic E-state index is 12.7. The number of thioether (sulfide) groups is 1. The first kappa shape index (κ1) is 18.7. The second kappa shape index (κ2) is 7.94. The summed E-state index contributed by atoms with van der Waals surface area (Å²) in [5.74, 6) is -0.225. The molecular weight excluding hydrogens is 359 g/mol.